The molecule has 3 rings (SSSR count). The van der Waals surface area contributed by atoms with Crippen LogP contribution in [0.15, 0.2) is 18.2 Å². The predicted molar refractivity (Wildman–Crippen MR) is 71.0 cm³/mol. The summed E-state index contributed by atoms with van der Waals surface area (Å²) in [5.74, 6) is -0.276. The van der Waals surface area contributed by atoms with Crippen LogP contribution in [-0.2, 0) is 5.54 Å². The van der Waals surface area contributed by atoms with E-state index in [1.807, 2.05) is 18.9 Å². The second kappa shape index (κ2) is 4.30. The molecular formula is C15H19FN2O. The Morgan fingerprint density at radius 3 is 2.53 bits per heavy atom. The van der Waals surface area contributed by atoms with E-state index in [-0.39, 0.29) is 11.7 Å². The molecule has 1 fully saturated rings. The molecule has 102 valence electrons. The Balaban J connectivity index is 2.02. The Kier molecular flexibility index (Phi) is 2.86. The number of carbonyl (C=O) groups is 1. The number of hydrazine groups is 1. The summed E-state index contributed by atoms with van der Waals surface area (Å²) in [5, 5.41) is 3.96. The van der Waals surface area contributed by atoms with Crippen LogP contribution in [0.2, 0.25) is 0 Å². The Hall–Kier alpha value is -1.42. The van der Waals surface area contributed by atoms with Crippen molar-refractivity contribution in [2.75, 3.05) is 13.1 Å². The van der Waals surface area contributed by atoms with Crippen molar-refractivity contribution in [2.24, 2.45) is 0 Å². The lowest BCUT2D eigenvalue weighted by Crippen LogP contribution is -2.53. The second-order valence-corrected chi connectivity index (χ2v) is 5.88. The summed E-state index contributed by atoms with van der Waals surface area (Å²) < 4.78 is 13.5. The van der Waals surface area contributed by atoms with Gasteiger partial charge in [-0.1, -0.05) is 6.42 Å². The van der Waals surface area contributed by atoms with E-state index in [0.717, 1.165) is 31.5 Å². The first-order chi connectivity index (χ1) is 9.01. The van der Waals surface area contributed by atoms with Crippen molar-refractivity contribution in [1.29, 1.82) is 0 Å². The van der Waals surface area contributed by atoms with Gasteiger partial charge in [0.1, 0.15) is 5.82 Å². The number of nitrogens with zero attached hydrogens (tertiary/aromatic N) is 2. The molecule has 4 heteroatoms. The first-order valence-electron chi connectivity index (χ1n) is 6.91. The molecule has 2 aliphatic heterocycles. The number of piperidine rings is 1. The van der Waals surface area contributed by atoms with Crippen LogP contribution in [0.1, 0.15) is 49.0 Å². The molecule has 1 saturated heterocycles. The van der Waals surface area contributed by atoms with E-state index >= 15 is 0 Å². The maximum absolute atomic E-state index is 13.5. The van der Waals surface area contributed by atoms with Crippen molar-refractivity contribution in [3.8, 4) is 0 Å². The summed E-state index contributed by atoms with van der Waals surface area (Å²) >= 11 is 0. The zero-order valence-corrected chi connectivity index (χ0v) is 11.4. The van der Waals surface area contributed by atoms with Gasteiger partial charge in [-0.15, -0.1) is 0 Å². The van der Waals surface area contributed by atoms with Gasteiger partial charge in [0.25, 0.3) is 5.91 Å². The van der Waals surface area contributed by atoms with Crippen molar-refractivity contribution >= 4 is 5.91 Å². The SMILES string of the molecule is CC1(C)c2cc(F)ccc2C(=O)N1N1CCCCC1. The van der Waals surface area contributed by atoms with Gasteiger partial charge >= 0.3 is 0 Å². The molecule has 3 nitrogen and oxygen atoms in total. The van der Waals surface area contributed by atoms with Gasteiger partial charge in [0.15, 0.2) is 0 Å². The lowest BCUT2D eigenvalue weighted by atomic mass is 9.94. The number of carbonyl (C=O) groups excluding carboxylic acids is 1. The van der Waals surface area contributed by atoms with E-state index in [0.29, 0.717) is 5.56 Å². The number of fused-ring (bicyclic) bond motifs is 1. The quantitative estimate of drug-likeness (QED) is 0.777. The molecule has 0 atom stereocenters. The number of hydrogen-bond acceptors (Lipinski definition) is 2. The van der Waals surface area contributed by atoms with Crippen LogP contribution >= 0.6 is 0 Å². The third-order valence-corrected chi connectivity index (χ3v) is 4.21. The molecule has 0 aromatic heterocycles. The van der Waals surface area contributed by atoms with E-state index in [9.17, 15) is 9.18 Å². The maximum atomic E-state index is 13.5. The summed E-state index contributed by atoms with van der Waals surface area (Å²) in [6.45, 7) is 5.80. The van der Waals surface area contributed by atoms with Gasteiger partial charge in [-0.25, -0.2) is 9.40 Å². The zero-order chi connectivity index (χ0) is 13.6. The van der Waals surface area contributed by atoms with Gasteiger partial charge in [-0.05, 0) is 50.5 Å². The molecule has 1 aromatic carbocycles. The Morgan fingerprint density at radius 2 is 1.84 bits per heavy atom. The van der Waals surface area contributed by atoms with E-state index in [1.54, 1.807) is 6.07 Å². The van der Waals surface area contributed by atoms with Crippen LogP contribution in [0.4, 0.5) is 4.39 Å². The van der Waals surface area contributed by atoms with Crippen molar-refractivity contribution in [3.63, 3.8) is 0 Å². The van der Waals surface area contributed by atoms with Crippen LogP contribution in [0.3, 0.4) is 0 Å². The standard InChI is InChI=1S/C15H19FN2O/c1-15(2)13-10-11(16)6-7-12(13)14(19)18(15)17-8-4-3-5-9-17/h6-7,10H,3-5,8-9H2,1-2H3. The molecule has 19 heavy (non-hydrogen) atoms. The van der Waals surface area contributed by atoms with Gasteiger partial charge in [-0.3, -0.25) is 9.80 Å². The monoisotopic (exact) mass is 262 g/mol. The van der Waals surface area contributed by atoms with E-state index in [1.165, 1.54) is 18.6 Å². The second-order valence-electron chi connectivity index (χ2n) is 5.88. The van der Waals surface area contributed by atoms with Crippen molar-refractivity contribution in [1.82, 2.24) is 10.0 Å². The van der Waals surface area contributed by atoms with Crippen LogP contribution in [-0.4, -0.2) is 29.0 Å². The molecule has 1 aromatic rings. The molecule has 2 heterocycles. The Morgan fingerprint density at radius 1 is 1.16 bits per heavy atom. The molecular weight excluding hydrogens is 243 g/mol. The zero-order valence-electron chi connectivity index (χ0n) is 11.4. The summed E-state index contributed by atoms with van der Waals surface area (Å²) in [6.07, 6.45) is 3.45. The highest BCUT2D eigenvalue weighted by atomic mass is 19.1. The Labute approximate surface area is 113 Å². The first kappa shape index (κ1) is 12.6. The van der Waals surface area contributed by atoms with Crippen LogP contribution in [0, 0.1) is 5.82 Å². The number of halogens is 1. The normalized spacial score (nSPS) is 22.7. The fourth-order valence-electron chi connectivity index (χ4n) is 3.25. The lowest BCUT2D eigenvalue weighted by Gasteiger charge is -2.42. The van der Waals surface area contributed by atoms with Crippen molar-refractivity contribution in [3.05, 3.63) is 35.1 Å². The number of hydrogen-bond donors (Lipinski definition) is 0. The fraction of sp³-hybridized carbons (Fsp3) is 0.533. The molecule has 0 N–H and O–H groups in total. The minimum atomic E-state index is -0.466. The average Bonchev–Trinajstić information content (AvgIpc) is 2.58. The topological polar surface area (TPSA) is 23.6 Å². The van der Waals surface area contributed by atoms with Crippen molar-refractivity contribution < 1.29 is 9.18 Å². The van der Waals surface area contributed by atoms with Crippen LogP contribution in [0.5, 0.6) is 0 Å². The molecule has 0 saturated carbocycles. The number of rotatable bonds is 1. The highest BCUT2D eigenvalue weighted by Crippen LogP contribution is 2.40. The van der Waals surface area contributed by atoms with E-state index in [4.69, 9.17) is 0 Å². The van der Waals surface area contributed by atoms with Gasteiger partial charge in [0.05, 0.1) is 5.54 Å². The van der Waals surface area contributed by atoms with Crippen LogP contribution in [0.25, 0.3) is 0 Å². The number of benzene rings is 1. The third kappa shape index (κ3) is 1.86. The van der Waals surface area contributed by atoms with E-state index in [2.05, 4.69) is 5.01 Å². The number of amides is 1. The average molecular weight is 262 g/mol. The van der Waals surface area contributed by atoms with Gasteiger partial charge in [0, 0.05) is 18.7 Å². The maximum Gasteiger partial charge on any atom is 0.269 e. The minimum absolute atomic E-state index is 0.00176. The highest BCUT2D eigenvalue weighted by Gasteiger charge is 2.46. The van der Waals surface area contributed by atoms with Crippen molar-refractivity contribution in [2.45, 2.75) is 38.6 Å². The molecule has 0 unspecified atom stereocenters. The highest BCUT2D eigenvalue weighted by molar-refractivity contribution is 5.99. The summed E-state index contributed by atoms with van der Waals surface area (Å²) in [6, 6.07) is 4.47. The minimum Gasteiger partial charge on any atom is -0.268 e. The smallest absolute Gasteiger partial charge is 0.268 e. The largest absolute Gasteiger partial charge is 0.269 e. The molecule has 1 amide bonds. The van der Waals surface area contributed by atoms with E-state index < -0.39 is 5.54 Å². The van der Waals surface area contributed by atoms with Crippen LogP contribution < -0.4 is 0 Å². The van der Waals surface area contributed by atoms with Gasteiger partial charge in [-0.2, -0.15) is 0 Å². The molecule has 0 aliphatic carbocycles. The van der Waals surface area contributed by atoms with Gasteiger partial charge in [0.2, 0.25) is 0 Å². The predicted octanol–water partition coefficient (Wildman–Crippen LogP) is 2.92. The molecule has 2 aliphatic rings. The summed E-state index contributed by atoms with van der Waals surface area (Å²) in [4.78, 5) is 12.6. The molecule has 0 radical (unpaired) electrons. The molecule has 0 spiro atoms. The summed E-state index contributed by atoms with van der Waals surface area (Å²) in [5.41, 5.74) is 0.964. The summed E-state index contributed by atoms with van der Waals surface area (Å²) in [7, 11) is 0. The first-order valence-corrected chi connectivity index (χ1v) is 6.91. The lowest BCUT2D eigenvalue weighted by molar-refractivity contribution is -0.0703. The Bertz CT molecular complexity index is 521. The van der Waals surface area contributed by atoms with Gasteiger partial charge < -0.3 is 0 Å². The molecule has 0 bridgehead atoms. The third-order valence-electron chi connectivity index (χ3n) is 4.21. The fourth-order valence-corrected chi connectivity index (χ4v) is 3.25.